The number of hydrogen-bond donors (Lipinski definition) is 0. The molecular weight excluding hydrogens is 340 g/mol. The summed E-state index contributed by atoms with van der Waals surface area (Å²) in [5.41, 5.74) is 2.71. The summed E-state index contributed by atoms with van der Waals surface area (Å²) in [6.07, 6.45) is 0. The Hall–Kier alpha value is -2.20. The number of nitrogens with zero attached hydrogens (tertiary/aromatic N) is 2. The Morgan fingerprint density at radius 2 is 1.73 bits per heavy atom. The first-order chi connectivity index (χ1) is 10.6. The monoisotopic (exact) mass is 354 g/mol. The number of hydrogen-bond acceptors (Lipinski definition) is 2. The molecule has 0 atom stereocenters. The molecule has 22 heavy (non-hydrogen) atoms. The molecule has 1 aromatic heterocycles. The van der Waals surface area contributed by atoms with Crippen molar-refractivity contribution in [2.24, 2.45) is 0 Å². The van der Waals surface area contributed by atoms with Gasteiger partial charge in [0.15, 0.2) is 0 Å². The van der Waals surface area contributed by atoms with Crippen molar-refractivity contribution in [1.29, 1.82) is 0 Å². The second kappa shape index (κ2) is 6.28. The average molecular weight is 355 g/mol. The van der Waals surface area contributed by atoms with E-state index in [-0.39, 0.29) is 5.56 Å². The van der Waals surface area contributed by atoms with E-state index in [2.05, 4.69) is 20.9 Å². The molecule has 3 nitrogen and oxygen atoms in total. The van der Waals surface area contributed by atoms with E-state index < -0.39 is 0 Å². The van der Waals surface area contributed by atoms with Crippen LogP contribution in [0.1, 0.15) is 11.4 Å². The van der Waals surface area contributed by atoms with Gasteiger partial charge >= 0.3 is 0 Å². The highest BCUT2D eigenvalue weighted by molar-refractivity contribution is 9.10. The van der Waals surface area contributed by atoms with Crippen molar-refractivity contribution in [1.82, 2.24) is 9.55 Å². The first kappa shape index (κ1) is 14.7. The topological polar surface area (TPSA) is 34.9 Å². The van der Waals surface area contributed by atoms with Crippen molar-refractivity contribution in [2.45, 2.75) is 13.5 Å². The minimum absolute atomic E-state index is 0.0331. The highest BCUT2D eigenvalue weighted by Gasteiger charge is 2.07. The van der Waals surface area contributed by atoms with E-state index in [1.807, 2.05) is 61.5 Å². The first-order valence-corrected chi connectivity index (χ1v) is 7.81. The maximum atomic E-state index is 12.4. The second-order valence-electron chi connectivity index (χ2n) is 5.11. The zero-order valence-corrected chi connectivity index (χ0v) is 13.7. The Labute approximate surface area is 137 Å². The Balaban J connectivity index is 1.97. The smallest absolute Gasteiger partial charge is 0.254 e. The molecule has 0 saturated carbocycles. The van der Waals surface area contributed by atoms with Gasteiger partial charge in [-0.3, -0.25) is 9.36 Å². The lowest BCUT2D eigenvalue weighted by molar-refractivity contribution is 0.702. The van der Waals surface area contributed by atoms with Crippen molar-refractivity contribution in [3.8, 4) is 11.3 Å². The maximum Gasteiger partial charge on any atom is 0.254 e. The van der Waals surface area contributed by atoms with Gasteiger partial charge in [0.1, 0.15) is 5.82 Å². The van der Waals surface area contributed by atoms with Crippen molar-refractivity contribution < 1.29 is 0 Å². The minimum atomic E-state index is -0.0331. The van der Waals surface area contributed by atoms with Gasteiger partial charge in [-0.25, -0.2) is 4.98 Å². The Kier molecular flexibility index (Phi) is 4.20. The normalized spacial score (nSPS) is 10.6. The quantitative estimate of drug-likeness (QED) is 0.711. The molecule has 0 amide bonds. The molecule has 0 saturated heterocycles. The molecule has 0 aliphatic rings. The number of rotatable bonds is 3. The van der Waals surface area contributed by atoms with Crippen LogP contribution in [-0.4, -0.2) is 9.55 Å². The molecule has 1 heterocycles. The molecule has 3 rings (SSSR count). The molecule has 0 fully saturated rings. The van der Waals surface area contributed by atoms with Gasteiger partial charge in [0.05, 0.1) is 12.2 Å². The molecule has 4 heteroatoms. The van der Waals surface area contributed by atoms with Crippen LogP contribution in [0.5, 0.6) is 0 Å². The number of benzene rings is 2. The third kappa shape index (κ3) is 3.17. The van der Waals surface area contributed by atoms with Gasteiger partial charge in [-0.15, -0.1) is 0 Å². The van der Waals surface area contributed by atoms with Gasteiger partial charge in [0, 0.05) is 16.1 Å². The molecule has 0 N–H and O–H groups in total. The average Bonchev–Trinajstić information content (AvgIpc) is 2.53. The molecule has 0 radical (unpaired) electrons. The van der Waals surface area contributed by atoms with Crippen molar-refractivity contribution in [3.05, 3.63) is 86.9 Å². The third-order valence-corrected chi connectivity index (χ3v) is 4.05. The van der Waals surface area contributed by atoms with E-state index >= 15 is 0 Å². The van der Waals surface area contributed by atoms with Gasteiger partial charge in [0.2, 0.25) is 0 Å². The van der Waals surface area contributed by atoms with Crippen LogP contribution < -0.4 is 5.56 Å². The molecule has 0 aliphatic heterocycles. The number of aromatic nitrogens is 2. The van der Waals surface area contributed by atoms with Gasteiger partial charge < -0.3 is 0 Å². The van der Waals surface area contributed by atoms with E-state index in [9.17, 15) is 4.79 Å². The Morgan fingerprint density at radius 3 is 2.36 bits per heavy atom. The predicted octanol–water partition coefficient (Wildman–Crippen LogP) is 4.03. The molecular formula is C18H15BrN2O. The summed E-state index contributed by atoms with van der Waals surface area (Å²) < 4.78 is 2.72. The van der Waals surface area contributed by atoms with Gasteiger partial charge in [0.25, 0.3) is 5.56 Å². The molecule has 110 valence electrons. The maximum absolute atomic E-state index is 12.4. The zero-order valence-electron chi connectivity index (χ0n) is 12.2. The molecule has 0 bridgehead atoms. The fourth-order valence-electron chi connectivity index (χ4n) is 2.34. The second-order valence-corrected chi connectivity index (χ2v) is 6.02. The summed E-state index contributed by atoms with van der Waals surface area (Å²) in [7, 11) is 0. The number of halogens is 1. The van der Waals surface area contributed by atoms with Crippen LogP contribution in [0.15, 0.2) is 69.9 Å². The van der Waals surface area contributed by atoms with Crippen LogP contribution in [0.2, 0.25) is 0 Å². The van der Waals surface area contributed by atoms with Crippen LogP contribution in [0.3, 0.4) is 0 Å². The molecule has 0 unspecified atom stereocenters. The van der Waals surface area contributed by atoms with Gasteiger partial charge in [-0.2, -0.15) is 0 Å². The highest BCUT2D eigenvalue weighted by atomic mass is 79.9. The lowest BCUT2D eigenvalue weighted by Crippen LogP contribution is -2.23. The SMILES string of the molecule is Cc1nc(-c2ccccc2)cc(=O)n1Cc1ccc(Br)cc1. The van der Waals surface area contributed by atoms with E-state index in [0.29, 0.717) is 12.4 Å². The summed E-state index contributed by atoms with van der Waals surface area (Å²) in [4.78, 5) is 17.0. The fraction of sp³-hybridized carbons (Fsp3) is 0.111. The van der Waals surface area contributed by atoms with Crippen LogP contribution in [0.25, 0.3) is 11.3 Å². The lowest BCUT2D eigenvalue weighted by atomic mass is 10.1. The first-order valence-electron chi connectivity index (χ1n) is 7.02. The standard InChI is InChI=1S/C18H15BrN2O/c1-13-20-17(15-5-3-2-4-6-15)11-18(22)21(13)12-14-7-9-16(19)10-8-14/h2-11H,12H2,1H3. The highest BCUT2D eigenvalue weighted by Crippen LogP contribution is 2.16. The number of aryl methyl sites for hydroxylation is 1. The van der Waals surface area contributed by atoms with Crippen LogP contribution in [0, 0.1) is 6.92 Å². The molecule has 0 aliphatic carbocycles. The molecule has 2 aromatic carbocycles. The van der Waals surface area contributed by atoms with Crippen LogP contribution >= 0.6 is 15.9 Å². The van der Waals surface area contributed by atoms with Crippen LogP contribution in [-0.2, 0) is 6.54 Å². The van der Waals surface area contributed by atoms with Gasteiger partial charge in [-0.05, 0) is 24.6 Å². The third-order valence-electron chi connectivity index (χ3n) is 3.52. The van der Waals surface area contributed by atoms with E-state index in [4.69, 9.17) is 0 Å². The van der Waals surface area contributed by atoms with Crippen molar-refractivity contribution in [2.75, 3.05) is 0 Å². The lowest BCUT2D eigenvalue weighted by Gasteiger charge is -2.11. The van der Waals surface area contributed by atoms with E-state index in [1.165, 1.54) is 0 Å². The fourth-order valence-corrected chi connectivity index (χ4v) is 2.61. The summed E-state index contributed by atoms with van der Waals surface area (Å²) in [5, 5.41) is 0. The zero-order chi connectivity index (χ0) is 15.5. The minimum Gasteiger partial charge on any atom is -0.292 e. The molecule has 3 aromatic rings. The van der Waals surface area contributed by atoms with E-state index in [1.54, 1.807) is 10.6 Å². The van der Waals surface area contributed by atoms with Crippen LogP contribution in [0.4, 0.5) is 0 Å². The molecule has 0 spiro atoms. The Bertz CT molecular complexity index is 839. The van der Waals surface area contributed by atoms with Crippen molar-refractivity contribution in [3.63, 3.8) is 0 Å². The Morgan fingerprint density at radius 1 is 1.05 bits per heavy atom. The van der Waals surface area contributed by atoms with Crippen molar-refractivity contribution >= 4 is 15.9 Å². The summed E-state index contributed by atoms with van der Waals surface area (Å²) in [5.74, 6) is 0.717. The van der Waals surface area contributed by atoms with Gasteiger partial charge in [-0.1, -0.05) is 58.4 Å². The predicted molar refractivity (Wildman–Crippen MR) is 91.9 cm³/mol. The summed E-state index contributed by atoms with van der Waals surface area (Å²) >= 11 is 3.41. The summed E-state index contributed by atoms with van der Waals surface area (Å²) in [6.45, 7) is 2.40. The largest absolute Gasteiger partial charge is 0.292 e. The summed E-state index contributed by atoms with van der Waals surface area (Å²) in [6, 6.07) is 19.3. The van der Waals surface area contributed by atoms with E-state index in [0.717, 1.165) is 21.3 Å².